The van der Waals surface area contributed by atoms with Crippen LogP contribution in [0.15, 0.2) is 77.6 Å². The number of esters is 1. The van der Waals surface area contributed by atoms with E-state index in [9.17, 15) is 23.2 Å². The van der Waals surface area contributed by atoms with Crippen molar-refractivity contribution in [2.24, 2.45) is 0 Å². The zero-order valence-electron chi connectivity index (χ0n) is 18.0. The molecule has 0 bridgehead atoms. The highest BCUT2D eigenvalue weighted by Gasteiger charge is 2.24. The maximum absolute atomic E-state index is 13.8. The van der Waals surface area contributed by atoms with Gasteiger partial charge < -0.3 is 10.1 Å². The summed E-state index contributed by atoms with van der Waals surface area (Å²) in [5, 5.41) is 7.01. The van der Waals surface area contributed by atoms with Gasteiger partial charge in [-0.1, -0.05) is 48.5 Å². The molecule has 0 fully saturated rings. The van der Waals surface area contributed by atoms with E-state index in [-0.39, 0.29) is 34.3 Å². The zero-order chi connectivity index (χ0) is 24.2. The second kappa shape index (κ2) is 9.62. The van der Waals surface area contributed by atoms with Crippen LogP contribution in [0.3, 0.4) is 0 Å². The van der Waals surface area contributed by atoms with Gasteiger partial charge >= 0.3 is 5.97 Å². The predicted octanol–water partition coefficient (Wildman–Crippen LogP) is 3.91. The Kier molecular flexibility index (Phi) is 6.44. The van der Waals surface area contributed by atoms with Crippen LogP contribution < -0.4 is 10.9 Å². The molecule has 9 heteroatoms. The molecule has 0 aliphatic heterocycles. The Balaban J connectivity index is 1.60. The molecule has 34 heavy (non-hydrogen) atoms. The van der Waals surface area contributed by atoms with E-state index in [2.05, 4.69) is 10.4 Å². The minimum Gasteiger partial charge on any atom is -0.448 e. The first kappa shape index (κ1) is 22.8. The van der Waals surface area contributed by atoms with Crippen molar-refractivity contribution in [1.82, 2.24) is 9.78 Å². The number of carbonyl (C=O) groups excluding carboxylic acids is 2. The Morgan fingerprint density at radius 1 is 1.00 bits per heavy atom. The smallest absolute Gasteiger partial charge is 0.360 e. The molecule has 3 aromatic carbocycles. The quantitative estimate of drug-likeness (QED) is 0.438. The summed E-state index contributed by atoms with van der Waals surface area (Å²) in [7, 11) is 0. The molecule has 1 unspecified atom stereocenters. The van der Waals surface area contributed by atoms with E-state index >= 15 is 0 Å². The highest BCUT2D eigenvalue weighted by Crippen LogP contribution is 2.18. The van der Waals surface area contributed by atoms with Crippen LogP contribution in [0.2, 0.25) is 0 Å². The van der Waals surface area contributed by atoms with Gasteiger partial charge in [-0.15, -0.1) is 0 Å². The van der Waals surface area contributed by atoms with Gasteiger partial charge in [0.15, 0.2) is 11.8 Å². The first-order valence-corrected chi connectivity index (χ1v) is 10.3. The molecule has 4 aromatic rings. The number of anilines is 1. The van der Waals surface area contributed by atoms with Gasteiger partial charge in [-0.3, -0.25) is 9.59 Å². The zero-order valence-corrected chi connectivity index (χ0v) is 18.0. The summed E-state index contributed by atoms with van der Waals surface area (Å²) < 4.78 is 33.3. The van der Waals surface area contributed by atoms with Crippen molar-refractivity contribution in [2.75, 3.05) is 5.32 Å². The lowest BCUT2D eigenvalue weighted by molar-refractivity contribution is -0.123. The molecule has 0 saturated heterocycles. The Hall–Kier alpha value is -4.40. The molecule has 1 N–H and O–H groups in total. The van der Waals surface area contributed by atoms with Crippen molar-refractivity contribution in [3.63, 3.8) is 0 Å². The van der Waals surface area contributed by atoms with Crippen LogP contribution in [0.1, 0.15) is 23.0 Å². The van der Waals surface area contributed by atoms with Gasteiger partial charge in [0.25, 0.3) is 11.5 Å². The molecule has 1 amide bonds. The van der Waals surface area contributed by atoms with Gasteiger partial charge in [0.05, 0.1) is 17.6 Å². The largest absolute Gasteiger partial charge is 0.448 e. The minimum atomic E-state index is -1.33. The SMILES string of the molecule is CC(OC(=O)c1nn(Cc2ccccc2)c(=O)c2ccccc12)C(=O)Nc1ccc(F)cc1F. The number of aromatic nitrogens is 2. The van der Waals surface area contributed by atoms with Crippen molar-refractivity contribution >= 4 is 28.3 Å². The van der Waals surface area contributed by atoms with Gasteiger partial charge in [0.1, 0.15) is 11.6 Å². The van der Waals surface area contributed by atoms with Crippen LogP contribution in [-0.4, -0.2) is 27.8 Å². The maximum atomic E-state index is 13.8. The summed E-state index contributed by atoms with van der Waals surface area (Å²) in [5.41, 5.74) is 0.0300. The molecule has 0 aliphatic carbocycles. The molecule has 0 saturated carbocycles. The van der Waals surface area contributed by atoms with E-state index < -0.39 is 29.6 Å². The van der Waals surface area contributed by atoms with E-state index in [0.29, 0.717) is 6.07 Å². The minimum absolute atomic E-state index is 0.130. The summed E-state index contributed by atoms with van der Waals surface area (Å²) >= 11 is 0. The third-order valence-electron chi connectivity index (χ3n) is 5.08. The fourth-order valence-electron chi connectivity index (χ4n) is 3.34. The first-order valence-electron chi connectivity index (χ1n) is 10.3. The second-order valence-electron chi connectivity index (χ2n) is 7.50. The molecule has 1 aromatic heterocycles. The van der Waals surface area contributed by atoms with E-state index in [1.807, 2.05) is 30.3 Å². The lowest BCUT2D eigenvalue weighted by atomic mass is 10.1. The molecule has 0 radical (unpaired) electrons. The number of nitrogens with one attached hydrogen (secondary N) is 1. The fraction of sp³-hybridized carbons (Fsp3) is 0.120. The summed E-state index contributed by atoms with van der Waals surface area (Å²) in [6.45, 7) is 1.43. The summed E-state index contributed by atoms with van der Waals surface area (Å²) in [4.78, 5) is 38.3. The van der Waals surface area contributed by atoms with Crippen molar-refractivity contribution in [3.05, 3.63) is 106 Å². The number of amides is 1. The summed E-state index contributed by atoms with van der Waals surface area (Å²) in [6, 6.07) is 18.2. The van der Waals surface area contributed by atoms with E-state index in [4.69, 9.17) is 4.74 Å². The average Bonchev–Trinajstić information content (AvgIpc) is 2.83. The van der Waals surface area contributed by atoms with Crippen molar-refractivity contribution in [1.29, 1.82) is 0 Å². The predicted molar refractivity (Wildman–Crippen MR) is 121 cm³/mol. The maximum Gasteiger partial charge on any atom is 0.360 e. The molecule has 1 heterocycles. The molecule has 0 aliphatic rings. The highest BCUT2D eigenvalue weighted by atomic mass is 19.1. The van der Waals surface area contributed by atoms with Crippen molar-refractivity contribution < 1.29 is 23.1 Å². The standard InChI is InChI=1S/C25H19F2N3O4/c1-15(23(31)28-21-12-11-17(26)13-20(21)27)34-25(33)22-18-9-5-6-10-19(18)24(32)30(29-22)14-16-7-3-2-4-8-16/h2-13,15H,14H2,1H3,(H,28,31). The number of benzene rings is 3. The molecular weight excluding hydrogens is 444 g/mol. The van der Waals surface area contributed by atoms with E-state index in [0.717, 1.165) is 22.4 Å². The fourth-order valence-corrected chi connectivity index (χ4v) is 3.34. The Morgan fingerprint density at radius 3 is 2.38 bits per heavy atom. The second-order valence-corrected chi connectivity index (χ2v) is 7.50. The average molecular weight is 463 g/mol. The first-order chi connectivity index (χ1) is 16.3. The Labute approximate surface area is 192 Å². The monoisotopic (exact) mass is 463 g/mol. The molecule has 4 rings (SSSR count). The van der Waals surface area contributed by atoms with E-state index in [1.165, 1.54) is 6.92 Å². The molecule has 7 nitrogen and oxygen atoms in total. The van der Waals surface area contributed by atoms with Gasteiger partial charge in [-0.25, -0.2) is 18.3 Å². The molecule has 172 valence electrons. The number of halogens is 2. The Bertz CT molecular complexity index is 1440. The van der Waals surface area contributed by atoms with Gasteiger partial charge in [-0.2, -0.15) is 5.10 Å². The Morgan fingerprint density at radius 2 is 1.68 bits per heavy atom. The normalized spacial score (nSPS) is 11.7. The summed E-state index contributed by atoms with van der Waals surface area (Å²) in [6.07, 6.45) is -1.33. The molecule has 1 atom stereocenters. The number of fused-ring (bicyclic) bond motifs is 1. The lowest BCUT2D eigenvalue weighted by Gasteiger charge is -2.15. The summed E-state index contributed by atoms with van der Waals surface area (Å²) in [5.74, 6) is -3.51. The highest BCUT2D eigenvalue weighted by molar-refractivity contribution is 6.03. The molecule has 0 spiro atoms. The number of carbonyl (C=O) groups is 2. The number of nitrogens with zero attached hydrogens (tertiary/aromatic N) is 2. The van der Waals surface area contributed by atoms with Crippen LogP contribution in [0.25, 0.3) is 10.8 Å². The third-order valence-corrected chi connectivity index (χ3v) is 5.08. The lowest BCUT2D eigenvalue weighted by Crippen LogP contribution is -2.32. The van der Waals surface area contributed by atoms with Gasteiger partial charge in [0.2, 0.25) is 0 Å². The molecular formula is C25H19F2N3O4. The third kappa shape index (κ3) is 4.83. The van der Waals surface area contributed by atoms with Crippen LogP contribution in [0, 0.1) is 11.6 Å². The van der Waals surface area contributed by atoms with Crippen LogP contribution >= 0.6 is 0 Å². The van der Waals surface area contributed by atoms with Crippen molar-refractivity contribution in [2.45, 2.75) is 19.6 Å². The topological polar surface area (TPSA) is 90.3 Å². The van der Waals surface area contributed by atoms with Crippen LogP contribution in [-0.2, 0) is 16.1 Å². The van der Waals surface area contributed by atoms with E-state index in [1.54, 1.807) is 24.3 Å². The van der Waals surface area contributed by atoms with Crippen LogP contribution in [0.4, 0.5) is 14.5 Å². The van der Waals surface area contributed by atoms with Gasteiger partial charge in [0, 0.05) is 11.5 Å². The number of rotatable bonds is 6. The van der Waals surface area contributed by atoms with Crippen LogP contribution in [0.5, 0.6) is 0 Å². The number of hydrogen-bond donors (Lipinski definition) is 1. The number of ether oxygens (including phenoxy) is 1. The van der Waals surface area contributed by atoms with Crippen molar-refractivity contribution in [3.8, 4) is 0 Å². The van der Waals surface area contributed by atoms with Gasteiger partial charge in [-0.05, 0) is 30.7 Å². The number of hydrogen-bond acceptors (Lipinski definition) is 5.